The highest BCUT2D eigenvalue weighted by Gasteiger charge is 2.35. The summed E-state index contributed by atoms with van der Waals surface area (Å²) in [5.41, 5.74) is 1.46. The summed E-state index contributed by atoms with van der Waals surface area (Å²) in [5, 5.41) is 10.0. The van der Waals surface area contributed by atoms with E-state index in [4.69, 9.17) is 0 Å². The van der Waals surface area contributed by atoms with Gasteiger partial charge in [-0.3, -0.25) is 0 Å². The number of sulfonamides is 1. The molecule has 4 nitrogen and oxygen atoms in total. The Bertz CT molecular complexity index is 823. The highest BCUT2D eigenvalue weighted by atomic mass is 32.2. The van der Waals surface area contributed by atoms with Crippen molar-refractivity contribution >= 4 is 10.0 Å². The first-order valence-corrected chi connectivity index (χ1v) is 8.10. The van der Waals surface area contributed by atoms with Gasteiger partial charge in [0.05, 0.1) is 12.1 Å². The van der Waals surface area contributed by atoms with Gasteiger partial charge in [0.25, 0.3) is 0 Å². The molecule has 1 aliphatic rings. The second-order valence-corrected chi connectivity index (χ2v) is 6.83. The minimum atomic E-state index is -4.30. The largest absolute Gasteiger partial charge is 0.391 e. The van der Waals surface area contributed by atoms with Gasteiger partial charge in [-0.15, -0.1) is 0 Å². The molecule has 3 rings (SSSR count). The zero-order chi connectivity index (χ0) is 15.9. The van der Waals surface area contributed by atoms with Crippen LogP contribution < -0.4 is 4.72 Å². The number of hydrogen-bond acceptors (Lipinski definition) is 3. The van der Waals surface area contributed by atoms with Crippen LogP contribution in [0, 0.1) is 11.6 Å². The Labute approximate surface area is 126 Å². The van der Waals surface area contributed by atoms with Gasteiger partial charge in [-0.25, -0.2) is 21.9 Å². The molecule has 2 atom stereocenters. The molecule has 2 aromatic carbocycles. The highest BCUT2D eigenvalue weighted by Crippen LogP contribution is 2.32. The normalized spacial score (nSPS) is 20.9. The Kier molecular flexibility index (Phi) is 3.72. The molecule has 1 aliphatic carbocycles. The monoisotopic (exact) mass is 325 g/mol. The molecule has 7 heteroatoms. The fraction of sp³-hybridized carbons (Fsp3) is 0.200. The molecule has 0 amide bonds. The topological polar surface area (TPSA) is 66.4 Å². The Morgan fingerprint density at radius 3 is 2.64 bits per heavy atom. The summed E-state index contributed by atoms with van der Waals surface area (Å²) in [4.78, 5) is -0.774. The van der Waals surface area contributed by atoms with Gasteiger partial charge in [0.2, 0.25) is 10.0 Å². The van der Waals surface area contributed by atoms with Crippen LogP contribution in [0.1, 0.15) is 17.2 Å². The molecule has 2 aromatic rings. The van der Waals surface area contributed by atoms with Gasteiger partial charge < -0.3 is 5.11 Å². The predicted molar refractivity (Wildman–Crippen MR) is 75.6 cm³/mol. The summed E-state index contributed by atoms with van der Waals surface area (Å²) >= 11 is 0. The second kappa shape index (κ2) is 5.42. The van der Waals surface area contributed by atoms with Crippen molar-refractivity contribution in [1.29, 1.82) is 0 Å². The van der Waals surface area contributed by atoms with Gasteiger partial charge in [-0.05, 0) is 29.3 Å². The molecular weight excluding hydrogens is 312 g/mol. The van der Waals surface area contributed by atoms with Crippen LogP contribution in [0.2, 0.25) is 0 Å². The van der Waals surface area contributed by atoms with Crippen molar-refractivity contribution in [2.45, 2.75) is 23.5 Å². The van der Waals surface area contributed by atoms with E-state index in [1.54, 1.807) is 24.3 Å². The fourth-order valence-electron chi connectivity index (χ4n) is 2.63. The molecule has 0 heterocycles. The molecule has 2 N–H and O–H groups in total. The summed E-state index contributed by atoms with van der Waals surface area (Å²) in [6, 6.07) is 8.32. The number of halogens is 2. The van der Waals surface area contributed by atoms with E-state index in [0.29, 0.717) is 18.1 Å². The third-order valence-electron chi connectivity index (χ3n) is 3.67. The Morgan fingerprint density at radius 1 is 1.14 bits per heavy atom. The van der Waals surface area contributed by atoms with E-state index in [0.717, 1.165) is 17.7 Å². The first kappa shape index (κ1) is 15.1. The van der Waals surface area contributed by atoms with Crippen LogP contribution in [0.4, 0.5) is 8.78 Å². The number of aliphatic hydroxyl groups is 1. The van der Waals surface area contributed by atoms with E-state index in [1.807, 2.05) is 0 Å². The van der Waals surface area contributed by atoms with Gasteiger partial charge in [0.15, 0.2) is 0 Å². The van der Waals surface area contributed by atoms with Crippen LogP contribution >= 0.6 is 0 Å². The maximum absolute atomic E-state index is 13.7. The van der Waals surface area contributed by atoms with E-state index in [-0.39, 0.29) is 0 Å². The summed E-state index contributed by atoms with van der Waals surface area (Å²) in [7, 11) is -4.30. The minimum Gasteiger partial charge on any atom is -0.391 e. The van der Waals surface area contributed by atoms with E-state index in [2.05, 4.69) is 4.72 Å². The molecule has 116 valence electrons. The maximum atomic E-state index is 13.7. The summed E-state index contributed by atoms with van der Waals surface area (Å²) in [5.74, 6) is -1.90. The number of rotatable bonds is 3. The van der Waals surface area contributed by atoms with Crippen molar-refractivity contribution in [2.24, 2.45) is 0 Å². The average molecular weight is 325 g/mol. The zero-order valence-corrected chi connectivity index (χ0v) is 12.1. The third kappa shape index (κ3) is 2.63. The van der Waals surface area contributed by atoms with Crippen molar-refractivity contribution < 1.29 is 22.3 Å². The number of hydrogen-bond donors (Lipinski definition) is 2. The number of nitrogens with one attached hydrogen (secondary N) is 1. The van der Waals surface area contributed by atoms with Crippen LogP contribution in [-0.2, 0) is 16.4 Å². The van der Waals surface area contributed by atoms with Crippen LogP contribution in [0.3, 0.4) is 0 Å². The van der Waals surface area contributed by atoms with E-state index < -0.39 is 38.7 Å². The van der Waals surface area contributed by atoms with Crippen molar-refractivity contribution in [2.75, 3.05) is 0 Å². The molecule has 0 radical (unpaired) electrons. The van der Waals surface area contributed by atoms with Gasteiger partial charge in [-0.2, -0.15) is 0 Å². The summed E-state index contributed by atoms with van der Waals surface area (Å²) in [6.07, 6.45) is -0.654. The standard InChI is InChI=1S/C15H13F2NO3S/c16-10-5-6-12(17)14(8-10)22(20,21)18-15-11-4-2-1-3-9(11)7-13(15)19/h1-6,8,13,15,18-19H,7H2. The molecule has 0 saturated carbocycles. The molecule has 0 saturated heterocycles. The number of aliphatic hydroxyl groups excluding tert-OH is 1. The SMILES string of the molecule is O=S(=O)(NC1c2ccccc2CC1O)c1cc(F)ccc1F. The maximum Gasteiger partial charge on any atom is 0.244 e. The summed E-state index contributed by atoms with van der Waals surface area (Å²) in [6.45, 7) is 0. The Morgan fingerprint density at radius 2 is 1.86 bits per heavy atom. The van der Waals surface area contributed by atoms with Crippen molar-refractivity contribution in [3.63, 3.8) is 0 Å². The van der Waals surface area contributed by atoms with E-state index in [1.165, 1.54) is 0 Å². The van der Waals surface area contributed by atoms with Crippen LogP contribution in [0.5, 0.6) is 0 Å². The van der Waals surface area contributed by atoms with Crippen LogP contribution in [-0.4, -0.2) is 19.6 Å². The van der Waals surface area contributed by atoms with Crippen LogP contribution in [0.15, 0.2) is 47.4 Å². The lowest BCUT2D eigenvalue weighted by Crippen LogP contribution is -2.34. The zero-order valence-electron chi connectivity index (χ0n) is 11.3. The molecule has 22 heavy (non-hydrogen) atoms. The predicted octanol–water partition coefficient (Wildman–Crippen LogP) is 1.90. The number of benzene rings is 2. The highest BCUT2D eigenvalue weighted by molar-refractivity contribution is 7.89. The molecule has 0 fully saturated rings. The number of fused-ring (bicyclic) bond motifs is 1. The first-order chi connectivity index (χ1) is 10.4. The molecule has 0 aromatic heterocycles. The van der Waals surface area contributed by atoms with E-state index >= 15 is 0 Å². The van der Waals surface area contributed by atoms with Gasteiger partial charge in [-0.1, -0.05) is 24.3 Å². The lowest BCUT2D eigenvalue weighted by atomic mass is 10.1. The smallest absolute Gasteiger partial charge is 0.244 e. The van der Waals surface area contributed by atoms with E-state index in [9.17, 15) is 22.3 Å². The molecule has 0 bridgehead atoms. The quantitative estimate of drug-likeness (QED) is 0.906. The Hall–Kier alpha value is -1.83. The molecule has 2 unspecified atom stereocenters. The lowest BCUT2D eigenvalue weighted by Gasteiger charge is -2.18. The fourth-order valence-corrected chi connectivity index (χ4v) is 3.97. The minimum absolute atomic E-state index is 0.301. The summed E-state index contributed by atoms with van der Waals surface area (Å²) < 4.78 is 53.7. The average Bonchev–Trinajstić information content (AvgIpc) is 2.77. The molecule has 0 spiro atoms. The van der Waals surface area contributed by atoms with Gasteiger partial charge in [0.1, 0.15) is 16.5 Å². The molecular formula is C15H13F2NO3S. The lowest BCUT2D eigenvalue weighted by molar-refractivity contribution is 0.151. The Balaban J connectivity index is 1.97. The molecule has 0 aliphatic heterocycles. The van der Waals surface area contributed by atoms with Crippen molar-refractivity contribution in [1.82, 2.24) is 4.72 Å². The van der Waals surface area contributed by atoms with Crippen molar-refractivity contribution in [3.8, 4) is 0 Å². The van der Waals surface area contributed by atoms with Crippen LogP contribution in [0.25, 0.3) is 0 Å². The third-order valence-corrected chi connectivity index (χ3v) is 5.12. The second-order valence-electron chi connectivity index (χ2n) is 5.14. The first-order valence-electron chi connectivity index (χ1n) is 6.62. The van der Waals surface area contributed by atoms with Gasteiger partial charge in [0, 0.05) is 6.42 Å². The van der Waals surface area contributed by atoms with Gasteiger partial charge >= 0.3 is 0 Å². The van der Waals surface area contributed by atoms with Crippen molar-refractivity contribution in [3.05, 3.63) is 65.2 Å².